The summed E-state index contributed by atoms with van der Waals surface area (Å²) < 4.78 is 1.98. The summed E-state index contributed by atoms with van der Waals surface area (Å²) in [6.45, 7) is 1.93. The average Bonchev–Trinajstić information content (AvgIpc) is 3.48. The number of carbonyl (C=O) groups excluding carboxylic acids is 1. The molecule has 3 aromatic heterocycles. The van der Waals surface area contributed by atoms with Gasteiger partial charge in [-0.2, -0.15) is 0 Å². The molecular formula is C37H31Cl2N7O2. The maximum absolute atomic E-state index is 14.0. The summed E-state index contributed by atoms with van der Waals surface area (Å²) in [7, 11) is 0. The van der Waals surface area contributed by atoms with Crippen LogP contribution in [0, 0.1) is 6.92 Å². The predicted molar refractivity (Wildman–Crippen MR) is 193 cm³/mol. The molecule has 2 atom stereocenters. The lowest BCUT2D eigenvalue weighted by atomic mass is 9.99. The molecule has 0 aliphatic heterocycles. The monoisotopic (exact) mass is 675 g/mol. The van der Waals surface area contributed by atoms with E-state index in [2.05, 4.69) is 25.6 Å². The van der Waals surface area contributed by atoms with Gasteiger partial charge in [0.2, 0.25) is 5.95 Å². The van der Waals surface area contributed by atoms with E-state index in [1.807, 2.05) is 102 Å². The molecule has 240 valence electrons. The van der Waals surface area contributed by atoms with Crippen LogP contribution in [-0.2, 0) is 11.2 Å². The molecule has 0 radical (unpaired) electrons. The van der Waals surface area contributed by atoms with Gasteiger partial charge in [0.1, 0.15) is 5.82 Å². The summed E-state index contributed by atoms with van der Waals surface area (Å²) in [5.74, 6) is 0.433. The van der Waals surface area contributed by atoms with E-state index in [4.69, 9.17) is 16.6 Å². The minimum Gasteiger partial charge on any atom is -0.381 e. The Morgan fingerprint density at radius 3 is 2.46 bits per heavy atom. The van der Waals surface area contributed by atoms with Gasteiger partial charge >= 0.3 is 0 Å². The van der Waals surface area contributed by atoms with E-state index in [0.29, 0.717) is 34.6 Å². The van der Waals surface area contributed by atoms with Gasteiger partial charge in [0, 0.05) is 28.5 Å². The molecule has 7 aromatic rings. The van der Waals surface area contributed by atoms with Crippen LogP contribution in [0.4, 0.5) is 17.3 Å². The number of anilines is 3. The van der Waals surface area contributed by atoms with E-state index in [-0.39, 0.29) is 12.4 Å². The zero-order chi connectivity index (χ0) is 32.3. The molecule has 48 heavy (non-hydrogen) atoms. The molecule has 0 aliphatic carbocycles. The van der Waals surface area contributed by atoms with Gasteiger partial charge in [-0.25, -0.2) is 15.0 Å². The van der Waals surface area contributed by atoms with Crippen molar-refractivity contribution in [3.8, 4) is 11.4 Å². The second kappa shape index (κ2) is 14.2. The number of aromatic nitrogens is 5. The first-order valence-electron chi connectivity index (χ1n) is 15.1. The molecule has 0 aliphatic rings. The summed E-state index contributed by atoms with van der Waals surface area (Å²) >= 11 is 5.94. The summed E-state index contributed by atoms with van der Waals surface area (Å²) in [5, 5.41) is 19.5. The van der Waals surface area contributed by atoms with Crippen molar-refractivity contribution in [3.05, 3.63) is 138 Å². The molecule has 7 rings (SSSR count). The Labute approximate surface area is 288 Å². The van der Waals surface area contributed by atoms with Gasteiger partial charge in [0.15, 0.2) is 6.10 Å². The number of nitrogens with zero attached hydrogens (tertiary/aromatic N) is 5. The number of aliphatic hydroxyl groups excluding tert-OH is 1. The van der Waals surface area contributed by atoms with E-state index in [0.717, 1.165) is 38.6 Å². The van der Waals surface area contributed by atoms with E-state index in [1.165, 1.54) is 12.4 Å². The maximum Gasteiger partial charge on any atom is 0.255 e. The third kappa shape index (κ3) is 6.70. The molecule has 0 spiro atoms. The van der Waals surface area contributed by atoms with Crippen molar-refractivity contribution in [2.45, 2.75) is 25.5 Å². The molecule has 1 amide bonds. The quantitative estimate of drug-likeness (QED) is 0.142. The second-order valence-corrected chi connectivity index (χ2v) is 11.7. The van der Waals surface area contributed by atoms with Gasteiger partial charge < -0.3 is 20.3 Å². The number of halogens is 2. The summed E-state index contributed by atoms with van der Waals surface area (Å²) in [6, 6.07) is 32.2. The first kappa shape index (κ1) is 32.6. The van der Waals surface area contributed by atoms with Crippen molar-refractivity contribution in [2.24, 2.45) is 0 Å². The van der Waals surface area contributed by atoms with Crippen molar-refractivity contribution < 1.29 is 9.90 Å². The zero-order valence-electron chi connectivity index (χ0n) is 25.8. The largest absolute Gasteiger partial charge is 0.381 e. The Hall–Kier alpha value is -5.35. The highest BCUT2D eigenvalue weighted by atomic mass is 35.5. The van der Waals surface area contributed by atoms with Gasteiger partial charge in [0.25, 0.3) is 5.91 Å². The Morgan fingerprint density at radius 1 is 0.896 bits per heavy atom. The number of rotatable bonds is 9. The van der Waals surface area contributed by atoms with Crippen molar-refractivity contribution in [1.29, 1.82) is 0 Å². The number of fused-ring (bicyclic) bond motifs is 2. The normalized spacial score (nSPS) is 12.3. The smallest absolute Gasteiger partial charge is 0.255 e. The lowest BCUT2D eigenvalue weighted by Gasteiger charge is -2.27. The van der Waals surface area contributed by atoms with Crippen LogP contribution in [0.15, 0.2) is 122 Å². The third-order valence-corrected chi connectivity index (χ3v) is 8.29. The zero-order valence-corrected chi connectivity index (χ0v) is 27.4. The number of benzene rings is 4. The molecule has 3 N–H and O–H groups in total. The number of nitrogens with one attached hydrogen (secondary N) is 2. The number of carbonyl (C=O) groups is 1. The van der Waals surface area contributed by atoms with Crippen LogP contribution < -0.4 is 10.6 Å². The number of aryl methyl sites for hydroxylation is 1. The number of amides is 1. The van der Waals surface area contributed by atoms with E-state index in [9.17, 15) is 9.90 Å². The first-order chi connectivity index (χ1) is 22.9. The SMILES string of the molecule is Cc1ccc(NC(=O)C(O)C(Cc2ccccc2)n2c(-c3cccc4cccnc34)nc3ccccc32)cc1Nc1ncc(Cl)cn1.Cl. The topological polar surface area (TPSA) is 118 Å². The van der Waals surface area contributed by atoms with E-state index >= 15 is 0 Å². The van der Waals surface area contributed by atoms with Crippen LogP contribution in [0.3, 0.4) is 0 Å². The predicted octanol–water partition coefficient (Wildman–Crippen LogP) is 7.95. The number of para-hydroxylation sites is 3. The van der Waals surface area contributed by atoms with Crippen LogP contribution in [0.25, 0.3) is 33.3 Å². The van der Waals surface area contributed by atoms with Crippen LogP contribution in [0.5, 0.6) is 0 Å². The number of imidazole rings is 1. The van der Waals surface area contributed by atoms with Gasteiger partial charge in [-0.15, -0.1) is 12.4 Å². The summed E-state index contributed by atoms with van der Waals surface area (Å²) in [4.78, 5) is 32.1. The molecule has 0 saturated carbocycles. The fraction of sp³-hybridized carbons (Fsp3) is 0.108. The first-order valence-corrected chi connectivity index (χ1v) is 15.5. The van der Waals surface area contributed by atoms with Crippen LogP contribution in [0.1, 0.15) is 17.2 Å². The molecule has 4 aromatic carbocycles. The van der Waals surface area contributed by atoms with Crippen molar-refractivity contribution >= 4 is 69.2 Å². The Bertz CT molecular complexity index is 2200. The molecule has 0 bridgehead atoms. The molecule has 11 heteroatoms. The lowest BCUT2D eigenvalue weighted by Crippen LogP contribution is -2.37. The van der Waals surface area contributed by atoms with Crippen LogP contribution >= 0.6 is 24.0 Å². The molecule has 2 unspecified atom stereocenters. The van der Waals surface area contributed by atoms with E-state index in [1.54, 1.807) is 18.3 Å². The summed E-state index contributed by atoms with van der Waals surface area (Å²) in [6.07, 6.45) is 3.68. The van der Waals surface area contributed by atoms with Crippen molar-refractivity contribution in [1.82, 2.24) is 24.5 Å². The molecule has 0 saturated heterocycles. The summed E-state index contributed by atoms with van der Waals surface area (Å²) in [5.41, 5.74) is 6.23. The fourth-order valence-electron chi connectivity index (χ4n) is 5.78. The fourth-order valence-corrected chi connectivity index (χ4v) is 5.87. The van der Waals surface area contributed by atoms with Gasteiger partial charge in [-0.05, 0) is 60.9 Å². The van der Waals surface area contributed by atoms with Gasteiger partial charge in [-0.1, -0.05) is 78.3 Å². The Morgan fingerprint density at radius 2 is 1.65 bits per heavy atom. The number of pyridine rings is 1. The second-order valence-electron chi connectivity index (χ2n) is 11.2. The van der Waals surface area contributed by atoms with Crippen LogP contribution in [-0.4, -0.2) is 41.6 Å². The number of hydrogen-bond donors (Lipinski definition) is 3. The number of hydrogen-bond acceptors (Lipinski definition) is 7. The standard InChI is InChI=1S/C37H30ClN7O2.ClH/c1-23-16-17-27(20-30(23)44-37-40-21-26(38)22-41-37)42-36(47)34(46)32(19-24-9-3-2-4-10-24)45-31-15-6-5-14-29(31)43-35(45)28-13-7-11-25-12-8-18-39-33(25)28;/h2-18,20-22,32,34,46H,19H2,1H3,(H,42,47)(H,40,41,44);1H. The average molecular weight is 677 g/mol. The highest BCUT2D eigenvalue weighted by Crippen LogP contribution is 2.35. The third-order valence-electron chi connectivity index (χ3n) is 8.09. The van der Waals surface area contributed by atoms with E-state index < -0.39 is 18.1 Å². The van der Waals surface area contributed by atoms with Gasteiger partial charge in [0.05, 0.1) is 40.0 Å². The van der Waals surface area contributed by atoms with Crippen molar-refractivity contribution in [3.63, 3.8) is 0 Å². The van der Waals surface area contributed by atoms with Crippen LogP contribution in [0.2, 0.25) is 5.02 Å². The molecule has 9 nitrogen and oxygen atoms in total. The minimum absolute atomic E-state index is 0. The maximum atomic E-state index is 14.0. The highest BCUT2D eigenvalue weighted by molar-refractivity contribution is 6.30. The molecule has 0 fully saturated rings. The lowest BCUT2D eigenvalue weighted by molar-refractivity contribution is -0.126. The Balaban J connectivity index is 0.00000401. The highest BCUT2D eigenvalue weighted by Gasteiger charge is 2.32. The molecule has 3 heterocycles. The minimum atomic E-state index is -1.45. The Kier molecular flexibility index (Phi) is 9.63. The van der Waals surface area contributed by atoms with Gasteiger partial charge in [-0.3, -0.25) is 9.78 Å². The number of aliphatic hydroxyl groups is 1. The van der Waals surface area contributed by atoms with Crippen molar-refractivity contribution in [2.75, 3.05) is 10.6 Å². The molecular weight excluding hydrogens is 645 g/mol.